The third kappa shape index (κ3) is 9.48. The largest absolute Gasteiger partial charge is 0.466 e. The van der Waals surface area contributed by atoms with Crippen LogP contribution < -0.4 is 10.6 Å². The van der Waals surface area contributed by atoms with Crippen LogP contribution in [0.15, 0.2) is 27.8 Å². The minimum Gasteiger partial charge on any atom is -0.466 e. The predicted molar refractivity (Wildman–Crippen MR) is 108 cm³/mol. The number of hydrogen-bond donors (Lipinski definition) is 3. The first-order valence-corrected chi connectivity index (χ1v) is 8.32. The van der Waals surface area contributed by atoms with Gasteiger partial charge >= 0.3 is 0 Å². The molecule has 6 nitrogen and oxygen atoms in total. The van der Waals surface area contributed by atoms with Crippen LogP contribution >= 0.6 is 24.0 Å². The fourth-order valence-electron chi connectivity index (χ4n) is 1.90. The van der Waals surface area contributed by atoms with E-state index in [1.54, 1.807) is 25.3 Å². The Morgan fingerprint density at radius 2 is 2.12 bits per heavy atom. The summed E-state index contributed by atoms with van der Waals surface area (Å²) < 4.78 is 10.8. The molecule has 1 rings (SSSR count). The van der Waals surface area contributed by atoms with Gasteiger partial charge in [-0.25, -0.2) is 4.99 Å². The molecule has 0 saturated carbocycles. The van der Waals surface area contributed by atoms with E-state index in [2.05, 4.69) is 29.5 Å². The Morgan fingerprint density at radius 1 is 1.38 bits per heavy atom. The molecule has 1 aromatic rings. The third-order valence-corrected chi connectivity index (χ3v) is 3.32. The van der Waals surface area contributed by atoms with Gasteiger partial charge in [-0.05, 0) is 38.3 Å². The number of hydrogen-bond acceptors (Lipinski definition) is 4. The van der Waals surface area contributed by atoms with E-state index in [4.69, 9.17) is 9.15 Å². The van der Waals surface area contributed by atoms with Crippen molar-refractivity contribution < 1.29 is 14.3 Å². The number of rotatable bonds is 10. The number of aliphatic hydroxyl groups is 1. The zero-order chi connectivity index (χ0) is 17.1. The number of nitrogens with zero attached hydrogens (tertiary/aromatic N) is 1. The molecule has 0 fully saturated rings. The average Bonchev–Trinajstić information content (AvgIpc) is 3.03. The number of halogens is 1. The average molecular weight is 453 g/mol. The minimum absolute atomic E-state index is 0. The molecule has 140 valence electrons. The summed E-state index contributed by atoms with van der Waals surface area (Å²) in [6, 6.07) is 3.50. The maximum atomic E-state index is 10.4. The first-order chi connectivity index (χ1) is 11.0. The second-order valence-corrected chi connectivity index (χ2v) is 6.17. The molecule has 0 aliphatic heterocycles. The first kappa shape index (κ1) is 23.2. The molecule has 1 atom stereocenters. The highest BCUT2D eigenvalue weighted by Crippen LogP contribution is 2.20. The van der Waals surface area contributed by atoms with Crippen LogP contribution in [0.3, 0.4) is 0 Å². The maximum absolute atomic E-state index is 10.4. The molecule has 1 unspecified atom stereocenters. The standard InChI is InChI=1S/C17H31N3O3.HI/c1-5-18-16(19-9-12-22-11-8-14(2)3)20-13-17(4,21)15-7-6-10-23-15;/h6-7,10,14,21H,5,8-9,11-13H2,1-4H3,(H2,18,19,20);1H. The fraction of sp³-hybridized carbons (Fsp3) is 0.706. The van der Waals surface area contributed by atoms with Crippen molar-refractivity contribution in [3.05, 3.63) is 24.2 Å². The van der Waals surface area contributed by atoms with Crippen LogP contribution in [-0.2, 0) is 10.3 Å². The molecule has 0 bridgehead atoms. The Kier molecular flexibility index (Phi) is 12.1. The second kappa shape index (κ2) is 12.5. The molecule has 0 saturated heterocycles. The zero-order valence-electron chi connectivity index (χ0n) is 15.2. The Labute approximate surface area is 162 Å². The Bertz CT molecular complexity index is 448. The summed E-state index contributed by atoms with van der Waals surface area (Å²) in [6.45, 7) is 11.1. The van der Waals surface area contributed by atoms with Gasteiger partial charge in [-0.2, -0.15) is 0 Å². The molecule has 1 aromatic heterocycles. The molecule has 0 spiro atoms. The van der Waals surface area contributed by atoms with Crippen LogP contribution in [-0.4, -0.2) is 43.9 Å². The number of nitrogens with one attached hydrogen (secondary N) is 2. The van der Waals surface area contributed by atoms with Gasteiger partial charge in [0.25, 0.3) is 0 Å². The summed E-state index contributed by atoms with van der Waals surface area (Å²) in [7, 11) is 0. The smallest absolute Gasteiger partial charge is 0.191 e. The van der Waals surface area contributed by atoms with Gasteiger partial charge in [-0.3, -0.25) is 0 Å². The predicted octanol–water partition coefficient (Wildman–Crippen LogP) is 2.72. The zero-order valence-corrected chi connectivity index (χ0v) is 17.5. The molecule has 0 amide bonds. The maximum Gasteiger partial charge on any atom is 0.191 e. The molecular formula is C17H32IN3O3. The minimum atomic E-state index is -1.13. The van der Waals surface area contributed by atoms with Gasteiger partial charge in [0.1, 0.15) is 11.4 Å². The molecule has 0 aromatic carbocycles. The molecule has 0 aliphatic carbocycles. The fourth-order valence-corrected chi connectivity index (χ4v) is 1.90. The second-order valence-electron chi connectivity index (χ2n) is 6.17. The van der Waals surface area contributed by atoms with Gasteiger partial charge in [0.05, 0.1) is 19.4 Å². The van der Waals surface area contributed by atoms with E-state index in [1.807, 2.05) is 6.92 Å². The lowest BCUT2D eigenvalue weighted by Gasteiger charge is -2.19. The van der Waals surface area contributed by atoms with Crippen LogP contribution in [0.5, 0.6) is 0 Å². The molecule has 0 radical (unpaired) electrons. The van der Waals surface area contributed by atoms with E-state index in [9.17, 15) is 5.11 Å². The molecule has 7 heteroatoms. The van der Waals surface area contributed by atoms with E-state index >= 15 is 0 Å². The van der Waals surface area contributed by atoms with Crippen LogP contribution in [0.2, 0.25) is 0 Å². The SMILES string of the molecule is CCNC(=NCC(C)(O)c1ccco1)NCCOCCC(C)C.I. The quantitative estimate of drug-likeness (QED) is 0.220. The van der Waals surface area contributed by atoms with Crippen molar-refractivity contribution in [2.75, 3.05) is 32.8 Å². The molecule has 3 N–H and O–H groups in total. The normalized spacial score (nSPS) is 14.2. The van der Waals surface area contributed by atoms with Gasteiger partial charge < -0.3 is 24.9 Å². The monoisotopic (exact) mass is 453 g/mol. The third-order valence-electron chi connectivity index (χ3n) is 3.32. The highest BCUT2D eigenvalue weighted by Gasteiger charge is 2.25. The van der Waals surface area contributed by atoms with E-state index in [-0.39, 0.29) is 30.5 Å². The van der Waals surface area contributed by atoms with Crippen molar-refractivity contribution in [1.29, 1.82) is 0 Å². The molecule has 1 heterocycles. The van der Waals surface area contributed by atoms with E-state index < -0.39 is 5.60 Å². The van der Waals surface area contributed by atoms with Crippen molar-refractivity contribution in [2.24, 2.45) is 10.9 Å². The number of guanidine groups is 1. The van der Waals surface area contributed by atoms with Crippen molar-refractivity contribution in [3.8, 4) is 0 Å². The van der Waals surface area contributed by atoms with Gasteiger partial charge in [0, 0.05) is 19.7 Å². The van der Waals surface area contributed by atoms with Gasteiger partial charge in [-0.1, -0.05) is 13.8 Å². The highest BCUT2D eigenvalue weighted by molar-refractivity contribution is 14.0. The van der Waals surface area contributed by atoms with Gasteiger partial charge in [0.2, 0.25) is 0 Å². The van der Waals surface area contributed by atoms with Crippen LogP contribution in [0.4, 0.5) is 0 Å². The van der Waals surface area contributed by atoms with Gasteiger partial charge in [-0.15, -0.1) is 24.0 Å². The summed E-state index contributed by atoms with van der Waals surface area (Å²) in [5.41, 5.74) is -1.13. The molecular weight excluding hydrogens is 421 g/mol. The Hall–Kier alpha value is -0.800. The Balaban J connectivity index is 0.00000529. The van der Waals surface area contributed by atoms with Crippen LogP contribution in [0.25, 0.3) is 0 Å². The number of furan rings is 1. The van der Waals surface area contributed by atoms with E-state index in [0.29, 0.717) is 30.8 Å². The summed E-state index contributed by atoms with van der Waals surface area (Å²) in [4.78, 5) is 4.42. The summed E-state index contributed by atoms with van der Waals surface area (Å²) in [5, 5.41) is 16.8. The van der Waals surface area contributed by atoms with Gasteiger partial charge in [0.15, 0.2) is 5.96 Å². The summed E-state index contributed by atoms with van der Waals surface area (Å²) in [5.74, 6) is 1.83. The highest BCUT2D eigenvalue weighted by atomic mass is 127. The van der Waals surface area contributed by atoms with Crippen LogP contribution in [0.1, 0.15) is 39.9 Å². The van der Waals surface area contributed by atoms with Crippen molar-refractivity contribution >= 4 is 29.9 Å². The first-order valence-electron chi connectivity index (χ1n) is 8.32. The van der Waals surface area contributed by atoms with Crippen LogP contribution in [0, 0.1) is 5.92 Å². The van der Waals surface area contributed by atoms with Crippen molar-refractivity contribution in [2.45, 2.75) is 39.7 Å². The topological polar surface area (TPSA) is 79.0 Å². The lowest BCUT2D eigenvalue weighted by Crippen LogP contribution is -2.40. The van der Waals surface area contributed by atoms with Crippen molar-refractivity contribution in [1.82, 2.24) is 10.6 Å². The van der Waals surface area contributed by atoms with Crippen molar-refractivity contribution in [3.63, 3.8) is 0 Å². The summed E-state index contributed by atoms with van der Waals surface area (Å²) >= 11 is 0. The number of aliphatic imine (C=N–C) groups is 1. The molecule has 24 heavy (non-hydrogen) atoms. The van der Waals surface area contributed by atoms with E-state index in [1.165, 1.54) is 0 Å². The lowest BCUT2D eigenvalue weighted by atomic mass is 10.0. The van der Waals surface area contributed by atoms with E-state index in [0.717, 1.165) is 19.6 Å². The number of ether oxygens (including phenoxy) is 1. The lowest BCUT2D eigenvalue weighted by molar-refractivity contribution is 0.0437. The Morgan fingerprint density at radius 3 is 2.71 bits per heavy atom. The molecule has 0 aliphatic rings. The summed E-state index contributed by atoms with van der Waals surface area (Å²) in [6.07, 6.45) is 2.62.